The quantitative estimate of drug-likeness (QED) is 0.848. The van der Waals surface area contributed by atoms with Crippen LogP contribution in [0.4, 0.5) is 15.9 Å². The number of anilines is 2. The van der Waals surface area contributed by atoms with Crippen LogP contribution in [0.15, 0.2) is 30.3 Å². The topological polar surface area (TPSA) is 69.6 Å². The summed E-state index contributed by atoms with van der Waals surface area (Å²) in [5.41, 5.74) is 1.66. The maximum atomic E-state index is 14.9. The molecule has 0 aliphatic heterocycles. The highest BCUT2D eigenvalue weighted by atomic mass is 19.1. The molecule has 4 atom stereocenters. The largest absolute Gasteiger partial charge is 0.507 e. The van der Waals surface area contributed by atoms with Gasteiger partial charge < -0.3 is 14.9 Å². The molecule has 2 aliphatic carbocycles. The van der Waals surface area contributed by atoms with E-state index in [1.54, 1.807) is 25.2 Å². The summed E-state index contributed by atoms with van der Waals surface area (Å²) in [6, 6.07) is 8.45. The first-order valence-electron chi connectivity index (χ1n) is 10.1. The van der Waals surface area contributed by atoms with Crippen molar-refractivity contribution in [1.82, 2.24) is 10.2 Å². The average Bonchev–Trinajstić information content (AvgIpc) is 3.13. The fourth-order valence-electron chi connectivity index (χ4n) is 4.73. The van der Waals surface area contributed by atoms with Crippen LogP contribution < -0.4 is 9.80 Å². The summed E-state index contributed by atoms with van der Waals surface area (Å²) in [6.45, 7) is 1.46. The highest BCUT2D eigenvalue weighted by molar-refractivity contribution is 5.91. The number of carbonyl (C=O) groups is 1. The molecule has 0 unspecified atom stereocenters. The highest BCUT2D eigenvalue weighted by Gasteiger charge is 2.44. The second kappa shape index (κ2) is 7.61. The monoisotopic (exact) mass is 398 g/mol. The van der Waals surface area contributed by atoms with Gasteiger partial charge in [0.05, 0.1) is 11.7 Å². The van der Waals surface area contributed by atoms with Gasteiger partial charge in [0.25, 0.3) is 0 Å². The van der Waals surface area contributed by atoms with Gasteiger partial charge in [0.2, 0.25) is 5.91 Å². The van der Waals surface area contributed by atoms with Crippen LogP contribution in [-0.2, 0) is 4.79 Å². The van der Waals surface area contributed by atoms with Crippen molar-refractivity contribution in [2.24, 2.45) is 11.8 Å². The Kier molecular flexibility index (Phi) is 5.15. The minimum Gasteiger partial charge on any atom is -0.507 e. The van der Waals surface area contributed by atoms with Crippen molar-refractivity contribution in [1.29, 1.82) is 0 Å². The van der Waals surface area contributed by atoms with Crippen molar-refractivity contribution < 1.29 is 14.3 Å². The van der Waals surface area contributed by atoms with Gasteiger partial charge in [-0.2, -0.15) is 0 Å². The third-order valence-electron chi connectivity index (χ3n) is 6.60. The molecular formula is C22H27FN4O2. The molecule has 1 aromatic carbocycles. The number of hydrogen-bond donors (Lipinski definition) is 1. The standard InChI is InChI=1S/C22H27FN4O2/c1-13(28)26(2)16-6-7-17(20(29)12-16)18-8-9-21(25-24-18)27(3)19-11-14-4-5-15(10-14)22(19)23/h6-9,12,14-15,19,22,29H,4-5,10-11H2,1-3H3/t14-,15+,19+,22-/m0/s1. The van der Waals surface area contributed by atoms with Crippen molar-refractivity contribution in [2.75, 3.05) is 23.9 Å². The van der Waals surface area contributed by atoms with E-state index in [1.165, 1.54) is 17.9 Å². The molecule has 2 bridgehead atoms. The lowest BCUT2D eigenvalue weighted by Crippen LogP contribution is -2.46. The third kappa shape index (κ3) is 3.66. The zero-order valence-corrected chi connectivity index (χ0v) is 17.0. The molecule has 2 saturated carbocycles. The molecule has 154 valence electrons. The van der Waals surface area contributed by atoms with Gasteiger partial charge in [-0.25, -0.2) is 4.39 Å². The molecule has 1 aromatic heterocycles. The smallest absolute Gasteiger partial charge is 0.223 e. The Balaban J connectivity index is 1.53. The zero-order chi connectivity index (χ0) is 20.7. The number of alkyl halides is 1. The molecule has 6 nitrogen and oxygen atoms in total. The predicted octanol–water partition coefficient (Wildman–Crippen LogP) is 3.79. The van der Waals surface area contributed by atoms with E-state index in [0.29, 0.717) is 28.7 Å². The molecule has 0 spiro atoms. The molecule has 2 aromatic rings. The second-order valence-corrected chi connectivity index (χ2v) is 8.35. The summed E-state index contributed by atoms with van der Waals surface area (Å²) in [5, 5.41) is 18.9. The number of halogens is 1. The average molecular weight is 398 g/mol. The Labute approximate surface area is 170 Å². The van der Waals surface area contributed by atoms with Crippen LogP contribution in [-0.4, -0.2) is 47.5 Å². The van der Waals surface area contributed by atoms with Gasteiger partial charge in [0.15, 0.2) is 5.82 Å². The first-order chi connectivity index (χ1) is 13.8. The van der Waals surface area contributed by atoms with Crippen molar-refractivity contribution in [2.45, 2.75) is 44.8 Å². The molecule has 2 aliphatic rings. The van der Waals surface area contributed by atoms with E-state index in [2.05, 4.69) is 10.2 Å². The minimum atomic E-state index is -0.824. The molecule has 1 amide bonds. The molecule has 4 rings (SSSR count). The second-order valence-electron chi connectivity index (χ2n) is 8.35. The number of aromatic hydroxyl groups is 1. The summed E-state index contributed by atoms with van der Waals surface area (Å²) in [4.78, 5) is 14.9. The number of phenolic OH excluding ortho intramolecular Hbond substituents is 1. The van der Waals surface area contributed by atoms with Crippen LogP contribution in [0.5, 0.6) is 5.75 Å². The molecule has 29 heavy (non-hydrogen) atoms. The van der Waals surface area contributed by atoms with E-state index in [0.717, 1.165) is 25.7 Å². The third-order valence-corrected chi connectivity index (χ3v) is 6.60. The van der Waals surface area contributed by atoms with E-state index in [9.17, 15) is 14.3 Å². The molecule has 1 heterocycles. The summed E-state index contributed by atoms with van der Waals surface area (Å²) in [7, 11) is 3.53. The van der Waals surface area contributed by atoms with Gasteiger partial charge in [-0.3, -0.25) is 4.79 Å². The lowest BCUT2D eigenvalue weighted by molar-refractivity contribution is -0.116. The number of carbonyl (C=O) groups excluding carboxylic acids is 1. The molecule has 2 fully saturated rings. The summed E-state index contributed by atoms with van der Waals surface area (Å²) >= 11 is 0. The summed E-state index contributed by atoms with van der Waals surface area (Å²) in [5.74, 6) is 1.34. The number of hydrogen-bond acceptors (Lipinski definition) is 5. The fraction of sp³-hybridized carbons (Fsp3) is 0.500. The first kappa shape index (κ1) is 19.6. The predicted molar refractivity (Wildman–Crippen MR) is 111 cm³/mol. The van der Waals surface area contributed by atoms with Crippen molar-refractivity contribution >= 4 is 17.4 Å². The van der Waals surface area contributed by atoms with Crippen LogP contribution in [0.2, 0.25) is 0 Å². The van der Waals surface area contributed by atoms with Gasteiger partial charge in [-0.15, -0.1) is 10.2 Å². The van der Waals surface area contributed by atoms with E-state index in [-0.39, 0.29) is 23.6 Å². The normalized spacial score (nSPS) is 25.7. The van der Waals surface area contributed by atoms with E-state index >= 15 is 0 Å². The van der Waals surface area contributed by atoms with Gasteiger partial charge in [0.1, 0.15) is 11.9 Å². The number of benzene rings is 1. The van der Waals surface area contributed by atoms with Gasteiger partial charge in [0, 0.05) is 38.3 Å². The number of nitrogens with zero attached hydrogens (tertiary/aromatic N) is 4. The van der Waals surface area contributed by atoms with Crippen LogP contribution in [0.3, 0.4) is 0 Å². The van der Waals surface area contributed by atoms with E-state index in [1.807, 2.05) is 18.0 Å². The number of rotatable bonds is 4. The number of phenols is 1. The number of amides is 1. The molecule has 1 N–H and O–H groups in total. The van der Waals surface area contributed by atoms with E-state index < -0.39 is 6.17 Å². The molecular weight excluding hydrogens is 371 g/mol. The molecule has 0 radical (unpaired) electrons. The summed E-state index contributed by atoms with van der Waals surface area (Å²) < 4.78 is 14.9. The Morgan fingerprint density at radius 2 is 1.93 bits per heavy atom. The zero-order valence-electron chi connectivity index (χ0n) is 17.0. The summed E-state index contributed by atoms with van der Waals surface area (Å²) in [6.07, 6.45) is 3.19. The Hall–Kier alpha value is -2.70. The Morgan fingerprint density at radius 3 is 2.59 bits per heavy atom. The van der Waals surface area contributed by atoms with Gasteiger partial charge in [-0.05, 0) is 61.8 Å². The number of fused-ring (bicyclic) bond motifs is 2. The van der Waals surface area contributed by atoms with E-state index in [4.69, 9.17) is 0 Å². The van der Waals surface area contributed by atoms with Crippen molar-refractivity contribution in [3.05, 3.63) is 30.3 Å². The minimum absolute atomic E-state index is 0.0266. The number of aromatic nitrogens is 2. The van der Waals surface area contributed by atoms with Crippen molar-refractivity contribution in [3.63, 3.8) is 0 Å². The fourth-order valence-corrected chi connectivity index (χ4v) is 4.73. The van der Waals surface area contributed by atoms with Gasteiger partial charge >= 0.3 is 0 Å². The Bertz CT molecular complexity index is 904. The first-order valence-corrected chi connectivity index (χ1v) is 10.1. The van der Waals surface area contributed by atoms with Crippen molar-refractivity contribution in [3.8, 4) is 17.0 Å². The molecule has 0 saturated heterocycles. The van der Waals surface area contributed by atoms with Gasteiger partial charge in [-0.1, -0.05) is 0 Å². The van der Waals surface area contributed by atoms with Crippen LogP contribution in [0, 0.1) is 11.8 Å². The molecule has 7 heteroatoms. The maximum Gasteiger partial charge on any atom is 0.223 e. The highest BCUT2D eigenvalue weighted by Crippen LogP contribution is 2.45. The van der Waals surface area contributed by atoms with Crippen LogP contribution in [0.25, 0.3) is 11.3 Å². The lowest BCUT2D eigenvalue weighted by Gasteiger charge is -2.38. The maximum absolute atomic E-state index is 14.9. The Morgan fingerprint density at radius 1 is 1.14 bits per heavy atom. The lowest BCUT2D eigenvalue weighted by atomic mass is 9.83. The SMILES string of the molecule is CC(=O)N(C)c1ccc(-c2ccc(N(C)[C@@H]3C[C@H]4CC[C@H](C4)[C@@H]3F)nn2)c(O)c1. The van der Waals surface area contributed by atoms with Crippen LogP contribution in [0.1, 0.15) is 32.6 Å². The van der Waals surface area contributed by atoms with Crippen LogP contribution >= 0.6 is 0 Å².